The lowest BCUT2D eigenvalue weighted by atomic mass is 10.3. The van der Waals surface area contributed by atoms with Gasteiger partial charge in [-0.25, -0.2) is 4.99 Å². The summed E-state index contributed by atoms with van der Waals surface area (Å²) in [5, 5.41) is 14.7. The molecule has 0 unspecified atom stereocenters. The lowest BCUT2D eigenvalue weighted by Gasteiger charge is -2.36. The first-order valence-electron chi connectivity index (χ1n) is 9.46. The molecule has 1 aliphatic carbocycles. The number of rotatable bonds is 6. The Morgan fingerprint density at radius 1 is 1.22 bits per heavy atom. The van der Waals surface area contributed by atoms with E-state index in [1.807, 2.05) is 18.5 Å². The molecule has 1 saturated heterocycles. The van der Waals surface area contributed by atoms with Gasteiger partial charge in [-0.1, -0.05) is 0 Å². The van der Waals surface area contributed by atoms with Crippen LogP contribution in [0.5, 0.6) is 0 Å². The molecule has 2 fully saturated rings. The smallest absolute Gasteiger partial charge is 0.234 e. The number of hydrogen-bond donors (Lipinski definition) is 2. The summed E-state index contributed by atoms with van der Waals surface area (Å²) in [7, 11) is 1.96. The number of aryl methyl sites for hydroxylation is 1. The molecule has 10 heteroatoms. The van der Waals surface area contributed by atoms with Crippen molar-refractivity contribution in [3.05, 3.63) is 11.6 Å². The van der Waals surface area contributed by atoms with Crippen LogP contribution in [0, 0.1) is 6.92 Å². The summed E-state index contributed by atoms with van der Waals surface area (Å²) in [5.41, 5.74) is 0. The summed E-state index contributed by atoms with van der Waals surface area (Å²) < 4.78 is 1.96. The van der Waals surface area contributed by atoms with Crippen molar-refractivity contribution in [1.82, 2.24) is 35.2 Å². The van der Waals surface area contributed by atoms with Gasteiger partial charge in [0.15, 0.2) is 11.8 Å². The summed E-state index contributed by atoms with van der Waals surface area (Å²) in [6, 6.07) is 0.431. The topological polar surface area (TPSA) is 90.7 Å². The third kappa shape index (κ3) is 6.30. The highest BCUT2D eigenvalue weighted by Gasteiger charge is 2.25. The molecule has 1 aromatic rings. The van der Waals surface area contributed by atoms with E-state index in [2.05, 4.69) is 37.6 Å². The lowest BCUT2D eigenvalue weighted by molar-refractivity contribution is -0.122. The summed E-state index contributed by atoms with van der Waals surface area (Å²) in [6.45, 7) is 9.28. The standard InChI is InChI=1S/C17H30N8O.HI/c1-4-18-17(19-11-15-22-21-13(2)23(15)3)25-9-7-24(8-10-25)12-16(26)20-14-5-6-14;/h14H,4-12H2,1-3H3,(H,18,19)(H,20,26);1H. The summed E-state index contributed by atoms with van der Waals surface area (Å²) >= 11 is 0. The average molecular weight is 490 g/mol. The number of aromatic nitrogens is 3. The van der Waals surface area contributed by atoms with Crippen LogP contribution in [0.15, 0.2) is 4.99 Å². The van der Waals surface area contributed by atoms with Gasteiger partial charge in [0.2, 0.25) is 5.91 Å². The quantitative estimate of drug-likeness (QED) is 0.334. The number of nitrogens with zero attached hydrogens (tertiary/aromatic N) is 6. The molecule has 0 bridgehead atoms. The zero-order chi connectivity index (χ0) is 18.5. The van der Waals surface area contributed by atoms with Gasteiger partial charge in [0, 0.05) is 45.8 Å². The third-order valence-electron chi connectivity index (χ3n) is 4.87. The van der Waals surface area contributed by atoms with Gasteiger partial charge >= 0.3 is 0 Å². The minimum atomic E-state index is 0. The van der Waals surface area contributed by atoms with Crippen LogP contribution < -0.4 is 10.6 Å². The van der Waals surface area contributed by atoms with Gasteiger partial charge in [0.1, 0.15) is 12.4 Å². The molecular weight excluding hydrogens is 459 g/mol. The number of piperazine rings is 1. The first-order valence-corrected chi connectivity index (χ1v) is 9.46. The second-order valence-corrected chi connectivity index (χ2v) is 7.00. The van der Waals surface area contributed by atoms with Crippen LogP contribution in [-0.2, 0) is 18.4 Å². The van der Waals surface area contributed by atoms with E-state index in [1.165, 1.54) is 0 Å². The lowest BCUT2D eigenvalue weighted by Crippen LogP contribution is -2.54. The number of nitrogens with one attached hydrogen (secondary N) is 2. The van der Waals surface area contributed by atoms with Crippen molar-refractivity contribution in [2.24, 2.45) is 12.0 Å². The second-order valence-electron chi connectivity index (χ2n) is 7.00. The van der Waals surface area contributed by atoms with Crippen LogP contribution >= 0.6 is 24.0 Å². The van der Waals surface area contributed by atoms with Gasteiger partial charge in [-0.3, -0.25) is 9.69 Å². The number of carbonyl (C=O) groups is 1. The maximum atomic E-state index is 12.0. The third-order valence-corrected chi connectivity index (χ3v) is 4.87. The van der Waals surface area contributed by atoms with E-state index in [-0.39, 0.29) is 29.9 Å². The molecule has 1 amide bonds. The molecule has 1 aromatic heterocycles. The fourth-order valence-corrected chi connectivity index (χ4v) is 2.98. The molecule has 3 rings (SSSR count). The Hall–Kier alpha value is -1.43. The summed E-state index contributed by atoms with van der Waals surface area (Å²) in [4.78, 5) is 21.1. The highest BCUT2D eigenvalue weighted by molar-refractivity contribution is 14.0. The predicted molar refractivity (Wildman–Crippen MR) is 115 cm³/mol. The van der Waals surface area contributed by atoms with E-state index >= 15 is 0 Å². The monoisotopic (exact) mass is 490 g/mol. The van der Waals surface area contributed by atoms with E-state index < -0.39 is 0 Å². The van der Waals surface area contributed by atoms with E-state index in [1.54, 1.807) is 0 Å². The van der Waals surface area contributed by atoms with Gasteiger partial charge in [-0.05, 0) is 26.7 Å². The van der Waals surface area contributed by atoms with Crippen molar-refractivity contribution < 1.29 is 4.79 Å². The molecule has 9 nitrogen and oxygen atoms in total. The van der Waals surface area contributed by atoms with Gasteiger partial charge in [-0.2, -0.15) is 0 Å². The zero-order valence-electron chi connectivity index (χ0n) is 16.4. The number of hydrogen-bond acceptors (Lipinski definition) is 5. The molecule has 0 aromatic carbocycles. The van der Waals surface area contributed by atoms with Crippen LogP contribution in [-0.4, -0.2) is 81.7 Å². The van der Waals surface area contributed by atoms with Crippen molar-refractivity contribution >= 4 is 35.8 Å². The minimum absolute atomic E-state index is 0. The molecule has 27 heavy (non-hydrogen) atoms. The molecule has 0 atom stereocenters. The zero-order valence-corrected chi connectivity index (χ0v) is 18.8. The SMILES string of the molecule is CCNC(=NCc1nnc(C)n1C)N1CCN(CC(=O)NC2CC2)CC1.I. The van der Waals surface area contributed by atoms with Crippen LogP contribution in [0.25, 0.3) is 0 Å². The van der Waals surface area contributed by atoms with Crippen molar-refractivity contribution in [3.63, 3.8) is 0 Å². The molecule has 1 saturated carbocycles. The fourth-order valence-electron chi connectivity index (χ4n) is 2.98. The van der Waals surface area contributed by atoms with Gasteiger partial charge in [0.05, 0.1) is 6.54 Å². The maximum absolute atomic E-state index is 12.0. The summed E-state index contributed by atoms with van der Waals surface area (Å²) in [5.74, 6) is 2.79. The largest absolute Gasteiger partial charge is 0.357 e. The van der Waals surface area contributed by atoms with Crippen molar-refractivity contribution in [2.75, 3.05) is 39.3 Å². The van der Waals surface area contributed by atoms with Crippen LogP contribution in [0.2, 0.25) is 0 Å². The Morgan fingerprint density at radius 3 is 2.48 bits per heavy atom. The Balaban J connectivity index is 0.00000261. The number of guanidine groups is 1. The second kappa shape index (κ2) is 10.2. The first-order chi connectivity index (χ1) is 12.6. The van der Waals surface area contributed by atoms with Gasteiger partial charge in [-0.15, -0.1) is 34.2 Å². The molecule has 2 heterocycles. The molecule has 2 N–H and O–H groups in total. The van der Waals surface area contributed by atoms with Crippen molar-refractivity contribution in [1.29, 1.82) is 0 Å². The highest BCUT2D eigenvalue weighted by atomic mass is 127. The molecule has 2 aliphatic rings. The number of aliphatic imine (C=N–C) groups is 1. The number of amides is 1. The molecular formula is C17H31IN8O. The van der Waals surface area contributed by atoms with Gasteiger partial charge < -0.3 is 20.1 Å². The summed E-state index contributed by atoms with van der Waals surface area (Å²) in [6.07, 6.45) is 2.26. The minimum Gasteiger partial charge on any atom is -0.357 e. The highest BCUT2D eigenvalue weighted by Crippen LogP contribution is 2.18. The Labute approximate surface area is 178 Å². The average Bonchev–Trinajstić information content (AvgIpc) is 3.38. The van der Waals surface area contributed by atoms with Crippen molar-refractivity contribution in [2.45, 2.75) is 39.3 Å². The van der Waals surface area contributed by atoms with Crippen LogP contribution in [0.1, 0.15) is 31.4 Å². The Bertz CT molecular complexity index is 649. The van der Waals surface area contributed by atoms with Gasteiger partial charge in [0.25, 0.3) is 0 Å². The van der Waals surface area contributed by atoms with Crippen LogP contribution in [0.3, 0.4) is 0 Å². The maximum Gasteiger partial charge on any atom is 0.234 e. The molecule has 0 radical (unpaired) electrons. The van der Waals surface area contributed by atoms with Crippen molar-refractivity contribution in [3.8, 4) is 0 Å². The Kier molecular flexibility index (Phi) is 8.27. The normalized spacial score (nSPS) is 18.2. The van der Waals surface area contributed by atoms with Crippen LogP contribution in [0.4, 0.5) is 0 Å². The number of halogens is 1. The molecule has 1 aliphatic heterocycles. The molecule has 152 valence electrons. The Morgan fingerprint density at radius 2 is 1.93 bits per heavy atom. The molecule has 0 spiro atoms. The van der Waals surface area contributed by atoms with E-state index in [0.717, 1.165) is 63.2 Å². The first kappa shape index (κ1) is 21.9. The number of carbonyl (C=O) groups excluding carboxylic acids is 1. The fraction of sp³-hybridized carbons (Fsp3) is 0.765. The predicted octanol–water partition coefficient (Wildman–Crippen LogP) is 0.103. The van der Waals surface area contributed by atoms with E-state index in [4.69, 9.17) is 4.99 Å². The van der Waals surface area contributed by atoms with E-state index in [9.17, 15) is 4.79 Å². The van der Waals surface area contributed by atoms with E-state index in [0.29, 0.717) is 19.1 Å².